The third kappa shape index (κ3) is 5.09. The van der Waals surface area contributed by atoms with E-state index >= 15 is 0 Å². The maximum absolute atomic E-state index is 5.79. The lowest BCUT2D eigenvalue weighted by molar-refractivity contribution is 0.181. The lowest BCUT2D eigenvalue weighted by Gasteiger charge is -2.25. The van der Waals surface area contributed by atoms with Crippen LogP contribution in [0.3, 0.4) is 0 Å². The molecule has 0 saturated heterocycles. The maximum Gasteiger partial charge on any atom is 0.185 e. The Hall–Kier alpha value is -0.650. The average Bonchev–Trinajstić information content (AvgIpc) is 2.70. The summed E-state index contributed by atoms with van der Waals surface area (Å²) in [6.45, 7) is 12.1. The fourth-order valence-electron chi connectivity index (χ4n) is 2.03. The Morgan fingerprint density at radius 3 is 2.21 bits per heavy atom. The lowest BCUT2D eigenvalue weighted by Crippen LogP contribution is -2.31. The van der Waals surface area contributed by atoms with Gasteiger partial charge in [0.15, 0.2) is 5.13 Å². The first kappa shape index (κ1) is 16.4. The van der Waals surface area contributed by atoms with Crippen molar-refractivity contribution in [3.63, 3.8) is 0 Å². The van der Waals surface area contributed by atoms with Gasteiger partial charge in [0.05, 0.1) is 12.3 Å². The summed E-state index contributed by atoms with van der Waals surface area (Å²) in [7, 11) is 1.69. The predicted octanol–water partition coefficient (Wildman–Crippen LogP) is 2.87. The van der Waals surface area contributed by atoms with E-state index in [2.05, 4.69) is 32.6 Å². The SMILES string of the molecule is COCc1nc(N(CC(C)C)CC(C)C)sc1CN. The van der Waals surface area contributed by atoms with Gasteiger partial charge < -0.3 is 15.4 Å². The number of methoxy groups -OCH3 is 1. The molecule has 2 N–H and O–H groups in total. The van der Waals surface area contributed by atoms with E-state index in [4.69, 9.17) is 15.5 Å². The van der Waals surface area contributed by atoms with Gasteiger partial charge in [-0.2, -0.15) is 0 Å². The summed E-state index contributed by atoms with van der Waals surface area (Å²) in [6, 6.07) is 0. The van der Waals surface area contributed by atoms with Crippen molar-refractivity contribution in [1.29, 1.82) is 0 Å². The minimum atomic E-state index is 0.535. The molecule has 0 aliphatic carbocycles. The van der Waals surface area contributed by atoms with Gasteiger partial charge in [0.2, 0.25) is 0 Å². The van der Waals surface area contributed by atoms with Gasteiger partial charge in [-0.1, -0.05) is 27.7 Å². The molecule has 19 heavy (non-hydrogen) atoms. The molecule has 0 aliphatic rings. The van der Waals surface area contributed by atoms with Crippen LogP contribution < -0.4 is 10.6 Å². The van der Waals surface area contributed by atoms with Crippen LogP contribution in [0.4, 0.5) is 5.13 Å². The van der Waals surface area contributed by atoms with Crippen molar-refractivity contribution in [3.05, 3.63) is 10.6 Å². The van der Waals surface area contributed by atoms with Crippen molar-refractivity contribution >= 4 is 16.5 Å². The molecule has 110 valence electrons. The number of anilines is 1. The number of hydrogen-bond acceptors (Lipinski definition) is 5. The van der Waals surface area contributed by atoms with E-state index in [1.807, 2.05) is 0 Å². The van der Waals surface area contributed by atoms with Crippen LogP contribution in [0.2, 0.25) is 0 Å². The maximum atomic E-state index is 5.79. The van der Waals surface area contributed by atoms with Gasteiger partial charge in [0, 0.05) is 31.6 Å². The Balaban J connectivity index is 2.93. The number of rotatable bonds is 8. The average molecular weight is 285 g/mol. The van der Waals surface area contributed by atoms with Crippen LogP contribution in [-0.2, 0) is 17.9 Å². The van der Waals surface area contributed by atoms with Crippen molar-refractivity contribution in [2.45, 2.75) is 40.8 Å². The molecule has 0 atom stereocenters. The molecule has 0 spiro atoms. The van der Waals surface area contributed by atoms with Crippen LogP contribution in [-0.4, -0.2) is 25.2 Å². The molecule has 4 nitrogen and oxygen atoms in total. The molecule has 0 saturated carbocycles. The lowest BCUT2D eigenvalue weighted by atomic mass is 10.1. The zero-order valence-electron chi connectivity index (χ0n) is 12.8. The van der Waals surface area contributed by atoms with Gasteiger partial charge in [-0.15, -0.1) is 11.3 Å². The van der Waals surface area contributed by atoms with Crippen molar-refractivity contribution < 1.29 is 4.74 Å². The highest BCUT2D eigenvalue weighted by Crippen LogP contribution is 2.28. The highest BCUT2D eigenvalue weighted by Gasteiger charge is 2.17. The van der Waals surface area contributed by atoms with Gasteiger partial charge in [-0.05, 0) is 11.8 Å². The predicted molar refractivity (Wildman–Crippen MR) is 82.6 cm³/mol. The van der Waals surface area contributed by atoms with Crippen LogP contribution in [0.5, 0.6) is 0 Å². The Labute approximate surface area is 121 Å². The largest absolute Gasteiger partial charge is 0.378 e. The van der Waals surface area contributed by atoms with E-state index in [0.717, 1.165) is 28.8 Å². The van der Waals surface area contributed by atoms with Crippen molar-refractivity contribution in [3.8, 4) is 0 Å². The van der Waals surface area contributed by atoms with Gasteiger partial charge in [0.25, 0.3) is 0 Å². The molecule has 0 aliphatic heterocycles. The first-order chi connectivity index (χ1) is 8.97. The smallest absolute Gasteiger partial charge is 0.185 e. The van der Waals surface area contributed by atoms with E-state index in [0.29, 0.717) is 25.0 Å². The molecule has 0 amide bonds. The van der Waals surface area contributed by atoms with Crippen molar-refractivity contribution in [1.82, 2.24) is 4.98 Å². The standard InChI is InChI=1S/C14H27N3OS/c1-10(2)7-17(8-11(3)4)14-16-12(9-18-5)13(6-15)19-14/h10-11H,6-9,15H2,1-5H3. The van der Waals surface area contributed by atoms with Crippen molar-refractivity contribution in [2.24, 2.45) is 17.6 Å². The number of nitrogens with zero attached hydrogens (tertiary/aromatic N) is 2. The molecule has 1 rings (SSSR count). The molecule has 0 aromatic carbocycles. The summed E-state index contributed by atoms with van der Waals surface area (Å²) in [5.41, 5.74) is 6.78. The van der Waals surface area contributed by atoms with E-state index in [9.17, 15) is 0 Å². The zero-order chi connectivity index (χ0) is 14.4. The molecule has 0 radical (unpaired) electrons. The number of ether oxygens (including phenoxy) is 1. The number of aromatic nitrogens is 1. The van der Waals surface area contributed by atoms with E-state index in [1.165, 1.54) is 0 Å². The second kappa shape index (κ2) is 7.82. The molecule has 5 heteroatoms. The molecular weight excluding hydrogens is 258 g/mol. The summed E-state index contributed by atoms with van der Waals surface area (Å²) >= 11 is 1.70. The van der Waals surface area contributed by atoms with Gasteiger partial charge in [0.1, 0.15) is 0 Å². The fraction of sp³-hybridized carbons (Fsp3) is 0.786. The van der Waals surface area contributed by atoms with Crippen LogP contribution in [0, 0.1) is 11.8 Å². The molecule has 0 fully saturated rings. The van der Waals surface area contributed by atoms with E-state index in [-0.39, 0.29) is 0 Å². The molecular formula is C14H27N3OS. The minimum Gasteiger partial charge on any atom is -0.378 e. The van der Waals surface area contributed by atoms with Crippen LogP contribution in [0.25, 0.3) is 0 Å². The topological polar surface area (TPSA) is 51.4 Å². The summed E-state index contributed by atoms with van der Waals surface area (Å²) in [6.07, 6.45) is 0. The summed E-state index contributed by atoms with van der Waals surface area (Å²) in [5, 5.41) is 1.08. The first-order valence-electron chi connectivity index (χ1n) is 6.90. The summed E-state index contributed by atoms with van der Waals surface area (Å²) < 4.78 is 5.20. The quantitative estimate of drug-likeness (QED) is 0.798. The van der Waals surface area contributed by atoms with Crippen LogP contribution in [0.1, 0.15) is 38.3 Å². The Bertz CT molecular complexity index is 367. The number of hydrogen-bond donors (Lipinski definition) is 1. The molecule has 1 heterocycles. The van der Waals surface area contributed by atoms with Crippen molar-refractivity contribution in [2.75, 3.05) is 25.1 Å². The van der Waals surface area contributed by atoms with Gasteiger partial charge in [-0.25, -0.2) is 4.98 Å². The third-order valence-electron chi connectivity index (χ3n) is 2.68. The second-order valence-corrected chi connectivity index (χ2v) is 6.76. The normalized spacial score (nSPS) is 11.6. The number of nitrogens with two attached hydrogens (primary N) is 1. The second-order valence-electron chi connectivity index (χ2n) is 5.70. The molecule has 1 aromatic heterocycles. The Morgan fingerprint density at radius 1 is 1.21 bits per heavy atom. The number of thiazole rings is 1. The fourth-order valence-corrected chi connectivity index (χ4v) is 2.99. The summed E-state index contributed by atoms with van der Waals surface area (Å²) in [4.78, 5) is 8.22. The Kier molecular flexibility index (Phi) is 6.75. The van der Waals surface area contributed by atoms with E-state index < -0.39 is 0 Å². The molecule has 0 bridgehead atoms. The van der Waals surface area contributed by atoms with E-state index in [1.54, 1.807) is 18.4 Å². The summed E-state index contributed by atoms with van der Waals surface area (Å²) in [5.74, 6) is 1.24. The van der Waals surface area contributed by atoms with Crippen LogP contribution in [0.15, 0.2) is 0 Å². The molecule has 1 aromatic rings. The molecule has 0 unspecified atom stereocenters. The van der Waals surface area contributed by atoms with Gasteiger partial charge in [-0.3, -0.25) is 0 Å². The third-order valence-corrected chi connectivity index (χ3v) is 3.86. The highest BCUT2D eigenvalue weighted by molar-refractivity contribution is 7.15. The van der Waals surface area contributed by atoms with Crippen LogP contribution >= 0.6 is 11.3 Å². The first-order valence-corrected chi connectivity index (χ1v) is 7.72. The minimum absolute atomic E-state index is 0.535. The Morgan fingerprint density at radius 2 is 1.79 bits per heavy atom. The zero-order valence-corrected chi connectivity index (χ0v) is 13.6. The monoisotopic (exact) mass is 285 g/mol. The van der Waals surface area contributed by atoms with Gasteiger partial charge >= 0.3 is 0 Å². The highest BCUT2D eigenvalue weighted by atomic mass is 32.1.